The van der Waals surface area contributed by atoms with E-state index < -0.39 is 11.6 Å². The first-order valence-corrected chi connectivity index (χ1v) is 6.60. The van der Waals surface area contributed by atoms with Gasteiger partial charge in [-0.1, -0.05) is 6.07 Å². The van der Waals surface area contributed by atoms with Crippen LogP contribution in [0.5, 0.6) is 5.75 Å². The molecule has 5 heteroatoms. The Hall–Kier alpha value is -1.20. The normalized spacial score (nSPS) is 20.5. The summed E-state index contributed by atoms with van der Waals surface area (Å²) >= 11 is 0. The standard InChI is InChI=1S/C14H19F2NO2/c1-10(12-6-3-8-18-12)17-7-9-19-13-5-2-4-11(15)14(13)16/h2,4-5,10,12,17H,3,6-9H2,1H3. The third-order valence-corrected chi connectivity index (χ3v) is 3.26. The molecule has 0 aliphatic carbocycles. The summed E-state index contributed by atoms with van der Waals surface area (Å²) in [6.07, 6.45) is 2.40. The second kappa shape index (κ2) is 6.82. The van der Waals surface area contributed by atoms with Crippen LogP contribution in [0.4, 0.5) is 8.78 Å². The van der Waals surface area contributed by atoms with Crippen molar-refractivity contribution in [1.29, 1.82) is 0 Å². The van der Waals surface area contributed by atoms with Crippen LogP contribution in [-0.2, 0) is 4.74 Å². The van der Waals surface area contributed by atoms with Crippen LogP contribution in [0.3, 0.4) is 0 Å². The number of halogens is 2. The fourth-order valence-corrected chi connectivity index (χ4v) is 2.17. The Balaban J connectivity index is 1.70. The highest BCUT2D eigenvalue weighted by molar-refractivity contribution is 5.24. The minimum atomic E-state index is -0.935. The molecule has 2 rings (SSSR count). The zero-order valence-electron chi connectivity index (χ0n) is 11.0. The van der Waals surface area contributed by atoms with E-state index >= 15 is 0 Å². The SMILES string of the molecule is CC(NCCOc1cccc(F)c1F)C1CCCO1. The molecule has 1 fully saturated rings. The van der Waals surface area contributed by atoms with E-state index in [1.165, 1.54) is 12.1 Å². The molecular weight excluding hydrogens is 252 g/mol. The van der Waals surface area contributed by atoms with E-state index in [1.807, 2.05) is 0 Å². The van der Waals surface area contributed by atoms with E-state index in [2.05, 4.69) is 12.2 Å². The summed E-state index contributed by atoms with van der Waals surface area (Å²) in [5.41, 5.74) is 0. The van der Waals surface area contributed by atoms with Crippen molar-refractivity contribution in [3.05, 3.63) is 29.8 Å². The topological polar surface area (TPSA) is 30.5 Å². The van der Waals surface area contributed by atoms with Gasteiger partial charge in [-0.15, -0.1) is 0 Å². The number of hydrogen-bond donors (Lipinski definition) is 1. The Labute approximate surface area is 111 Å². The van der Waals surface area contributed by atoms with E-state index in [4.69, 9.17) is 9.47 Å². The molecule has 2 atom stereocenters. The number of hydrogen-bond acceptors (Lipinski definition) is 3. The molecular formula is C14H19F2NO2. The number of benzene rings is 1. The highest BCUT2D eigenvalue weighted by Gasteiger charge is 2.21. The molecule has 0 radical (unpaired) electrons. The average Bonchev–Trinajstić information content (AvgIpc) is 2.93. The van der Waals surface area contributed by atoms with Crippen molar-refractivity contribution in [2.45, 2.75) is 31.9 Å². The number of rotatable bonds is 6. The molecule has 0 saturated carbocycles. The Morgan fingerprint density at radius 2 is 2.32 bits per heavy atom. The van der Waals surface area contributed by atoms with Crippen LogP contribution >= 0.6 is 0 Å². The molecule has 2 unspecified atom stereocenters. The largest absolute Gasteiger partial charge is 0.489 e. The van der Waals surface area contributed by atoms with Crippen LogP contribution in [-0.4, -0.2) is 31.9 Å². The summed E-state index contributed by atoms with van der Waals surface area (Å²) < 4.78 is 37.0. The molecule has 1 aromatic rings. The van der Waals surface area contributed by atoms with Crippen molar-refractivity contribution in [3.63, 3.8) is 0 Å². The van der Waals surface area contributed by atoms with Gasteiger partial charge < -0.3 is 14.8 Å². The molecule has 1 heterocycles. The Kier molecular flexibility index (Phi) is 5.10. The highest BCUT2D eigenvalue weighted by Crippen LogP contribution is 2.19. The van der Waals surface area contributed by atoms with Crippen LogP contribution in [0.2, 0.25) is 0 Å². The first-order valence-electron chi connectivity index (χ1n) is 6.60. The van der Waals surface area contributed by atoms with Gasteiger partial charge in [-0.3, -0.25) is 0 Å². The van der Waals surface area contributed by atoms with Crippen LogP contribution < -0.4 is 10.1 Å². The van der Waals surface area contributed by atoms with E-state index in [0.717, 1.165) is 25.5 Å². The predicted molar refractivity (Wildman–Crippen MR) is 68.3 cm³/mol. The molecule has 106 valence electrons. The van der Waals surface area contributed by atoms with Crippen molar-refractivity contribution >= 4 is 0 Å². The molecule has 0 bridgehead atoms. The van der Waals surface area contributed by atoms with Crippen molar-refractivity contribution in [2.24, 2.45) is 0 Å². The van der Waals surface area contributed by atoms with Gasteiger partial charge in [-0.2, -0.15) is 4.39 Å². The molecule has 0 spiro atoms. The average molecular weight is 271 g/mol. The lowest BCUT2D eigenvalue weighted by Crippen LogP contribution is -2.39. The van der Waals surface area contributed by atoms with Crippen LogP contribution in [0, 0.1) is 11.6 Å². The van der Waals surface area contributed by atoms with Crippen molar-refractivity contribution in [2.75, 3.05) is 19.8 Å². The van der Waals surface area contributed by atoms with Crippen molar-refractivity contribution in [1.82, 2.24) is 5.32 Å². The quantitative estimate of drug-likeness (QED) is 0.806. The summed E-state index contributed by atoms with van der Waals surface area (Å²) in [7, 11) is 0. The van der Waals surface area contributed by atoms with Gasteiger partial charge in [-0.05, 0) is 31.9 Å². The number of nitrogens with one attached hydrogen (secondary N) is 1. The van der Waals surface area contributed by atoms with Gasteiger partial charge in [0.25, 0.3) is 0 Å². The summed E-state index contributed by atoms with van der Waals surface area (Å²) in [5.74, 6) is -1.88. The molecule has 1 aliphatic rings. The smallest absolute Gasteiger partial charge is 0.200 e. The zero-order chi connectivity index (χ0) is 13.7. The number of ether oxygens (including phenoxy) is 2. The zero-order valence-corrected chi connectivity index (χ0v) is 11.0. The summed E-state index contributed by atoms with van der Waals surface area (Å²) in [6, 6.07) is 4.15. The van der Waals surface area contributed by atoms with Gasteiger partial charge in [0.1, 0.15) is 6.61 Å². The summed E-state index contributed by atoms with van der Waals surface area (Å²) in [5, 5.41) is 3.26. The molecule has 1 aromatic carbocycles. The second-order valence-corrected chi connectivity index (χ2v) is 4.69. The first kappa shape index (κ1) is 14.2. The molecule has 1 saturated heterocycles. The van der Waals surface area contributed by atoms with Gasteiger partial charge in [-0.25, -0.2) is 4.39 Å². The van der Waals surface area contributed by atoms with E-state index in [1.54, 1.807) is 0 Å². The maximum absolute atomic E-state index is 13.3. The lowest BCUT2D eigenvalue weighted by Gasteiger charge is -2.20. The van der Waals surface area contributed by atoms with E-state index in [-0.39, 0.29) is 24.5 Å². The van der Waals surface area contributed by atoms with E-state index in [0.29, 0.717) is 6.54 Å². The molecule has 3 nitrogen and oxygen atoms in total. The van der Waals surface area contributed by atoms with Gasteiger partial charge in [0, 0.05) is 19.2 Å². The van der Waals surface area contributed by atoms with Crippen molar-refractivity contribution in [3.8, 4) is 5.75 Å². The minimum absolute atomic E-state index is 0.0495. The van der Waals surface area contributed by atoms with Gasteiger partial charge in [0.2, 0.25) is 5.82 Å². The fourth-order valence-electron chi connectivity index (χ4n) is 2.17. The molecule has 1 N–H and O–H groups in total. The van der Waals surface area contributed by atoms with Crippen molar-refractivity contribution < 1.29 is 18.3 Å². The predicted octanol–water partition coefficient (Wildman–Crippen LogP) is 2.50. The van der Waals surface area contributed by atoms with Gasteiger partial charge in [0.15, 0.2) is 11.6 Å². The van der Waals surface area contributed by atoms with Crippen LogP contribution in [0.1, 0.15) is 19.8 Å². The maximum atomic E-state index is 13.3. The van der Waals surface area contributed by atoms with E-state index in [9.17, 15) is 8.78 Å². The fraction of sp³-hybridized carbons (Fsp3) is 0.571. The Morgan fingerprint density at radius 3 is 3.05 bits per heavy atom. The monoisotopic (exact) mass is 271 g/mol. The molecule has 19 heavy (non-hydrogen) atoms. The van der Waals surface area contributed by atoms with Crippen LogP contribution in [0.15, 0.2) is 18.2 Å². The lowest BCUT2D eigenvalue weighted by molar-refractivity contribution is 0.0823. The summed E-state index contributed by atoms with van der Waals surface area (Å²) in [6.45, 7) is 3.73. The molecule has 0 amide bonds. The third kappa shape index (κ3) is 3.88. The molecule has 0 aromatic heterocycles. The minimum Gasteiger partial charge on any atom is -0.489 e. The van der Waals surface area contributed by atoms with Gasteiger partial charge >= 0.3 is 0 Å². The first-order chi connectivity index (χ1) is 9.18. The lowest BCUT2D eigenvalue weighted by atomic mass is 10.1. The van der Waals surface area contributed by atoms with Gasteiger partial charge in [0.05, 0.1) is 6.10 Å². The molecule has 1 aliphatic heterocycles. The van der Waals surface area contributed by atoms with Crippen LogP contribution in [0.25, 0.3) is 0 Å². The third-order valence-electron chi connectivity index (χ3n) is 3.26. The Morgan fingerprint density at radius 1 is 1.47 bits per heavy atom. The second-order valence-electron chi connectivity index (χ2n) is 4.69. The highest BCUT2D eigenvalue weighted by atomic mass is 19.2. The Bertz CT molecular complexity index is 408. The maximum Gasteiger partial charge on any atom is 0.200 e. The summed E-state index contributed by atoms with van der Waals surface area (Å²) in [4.78, 5) is 0.